The number of rotatable bonds is 4. The van der Waals surface area contributed by atoms with Gasteiger partial charge in [0.2, 0.25) is 5.91 Å². The van der Waals surface area contributed by atoms with Gasteiger partial charge in [-0.05, 0) is 50.2 Å². The van der Waals surface area contributed by atoms with Crippen LogP contribution in [0.3, 0.4) is 0 Å². The minimum Gasteiger partial charge on any atom is -0.456 e. The molecule has 2 fully saturated rings. The number of aliphatic imine (C=N–C) groups is 1. The van der Waals surface area contributed by atoms with Gasteiger partial charge in [0.1, 0.15) is 6.61 Å². The van der Waals surface area contributed by atoms with E-state index in [9.17, 15) is 9.59 Å². The Morgan fingerprint density at radius 2 is 2.09 bits per heavy atom. The highest BCUT2D eigenvalue weighted by Gasteiger charge is 2.50. The summed E-state index contributed by atoms with van der Waals surface area (Å²) in [4.78, 5) is 31.1. The second kappa shape index (κ2) is 8.12. The van der Waals surface area contributed by atoms with Crippen molar-refractivity contribution in [2.45, 2.75) is 58.2 Å². The molecule has 1 aromatic carbocycles. The highest BCUT2D eigenvalue weighted by atomic mass is 16.5. The third kappa shape index (κ3) is 3.50. The number of esters is 1. The van der Waals surface area contributed by atoms with Gasteiger partial charge in [-0.15, -0.1) is 5.11 Å². The quantitative estimate of drug-likeness (QED) is 0.325. The van der Waals surface area contributed by atoms with Gasteiger partial charge in [-0.25, -0.2) is 4.79 Å². The second-order valence-corrected chi connectivity index (χ2v) is 9.14. The van der Waals surface area contributed by atoms with E-state index in [1.807, 2.05) is 6.07 Å². The summed E-state index contributed by atoms with van der Waals surface area (Å²) in [5.41, 5.74) is 4.39. The van der Waals surface area contributed by atoms with E-state index in [2.05, 4.69) is 32.8 Å². The standard InChI is InChI=1S/C23H28N6O3/c1-14-19(13-32-21(14)30)29-9-8-23(22(29)31)6-4-17(5-7-23)25-11-15-2-3-18-16(10-15)12-26-20(18)27-28-24/h2-3,10,17,25H,4-9,11-13H2,1H3,(H2,24,26,27). The molecule has 5 rings (SSSR count). The molecule has 9 heteroatoms. The molecule has 32 heavy (non-hydrogen) atoms. The fraction of sp³-hybridized carbons (Fsp3) is 0.522. The summed E-state index contributed by atoms with van der Waals surface area (Å²) in [6.45, 7) is 4.04. The van der Waals surface area contributed by atoms with Crippen molar-refractivity contribution in [2.75, 3.05) is 13.2 Å². The van der Waals surface area contributed by atoms with Crippen molar-refractivity contribution in [1.29, 1.82) is 0 Å². The third-order valence-corrected chi connectivity index (χ3v) is 7.42. The van der Waals surface area contributed by atoms with E-state index in [4.69, 9.17) is 10.6 Å². The first-order valence-corrected chi connectivity index (χ1v) is 11.2. The lowest BCUT2D eigenvalue weighted by Crippen LogP contribution is -2.42. The molecule has 0 unspecified atom stereocenters. The molecule has 1 aliphatic carbocycles. The monoisotopic (exact) mass is 436 g/mol. The minimum absolute atomic E-state index is 0.174. The Morgan fingerprint density at radius 1 is 1.28 bits per heavy atom. The number of cyclic esters (lactones) is 1. The van der Waals surface area contributed by atoms with Gasteiger partial charge < -0.3 is 20.8 Å². The van der Waals surface area contributed by atoms with Crippen molar-refractivity contribution >= 4 is 17.7 Å². The van der Waals surface area contributed by atoms with Gasteiger partial charge in [0.15, 0.2) is 5.84 Å². The van der Waals surface area contributed by atoms with Gasteiger partial charge in [-0.2, -0.15) is 0 Å². The Bertz CT molecular complexity index is 1050. The van der Waals surface area contributed by atoms with E-state index >= 15 is 0 Å². The van der Waals surface area contributed by atoms with Crippen molar-refractivity contribution in [3.63, 3.8) is 0 Å². The molecule has 1 amide bonds. The zero-order valence-electron chi connectivity index (χ0n) is 18.3. The number of hydrogen-bond donors (Lipinski definition) is 2. The lowest BCUT2D eigenvalue weighted by Gasteiger charge is -2.36. The van der Waals surface area contributed by atoms with Crippen LogP contribution in [0.15, 0.2) is 44.8 Å². The topological polar surface area (TPSA) is 122 Å². The summed E-state index contributed by atoms with van der Waals surface area (Å²) >= 11 is 0. The van der Waals surface area contributed by atoms with Crippen molar-refractivity contribution < 1.29 is 14.3 Å². The van der Waals surface area contributed by atoms with E-state index < -0.39 is 0 Å². The van der Waals surface area contributed by atoms with Crippen LogP contribution in [0.1, 0.15) is 55.7 Å². The van der Waals surface area contributed by atoms with E-state index in [0.717, 1.165) is 55.5 Å². The molecule has 3 aliphatic heterocycles. The summed E-state index contributed by atoms with van der Waals surface area (Å²) < 4.78 is 5.11. The average Bonchev–Trinajstić information content (AvgIpc) is 3.45. The van der Waals surface area contributed by atoms with Crippen molar-refractivity contribution in [3.8, 4) is 0 Å². The fourth-order valence-electron chi connectivity index (χ4n) is 5.42. The first-order chi connectivity index (χ1) is 15.5. The Labute approximate surface area is 186 Å². The number of carbonyl (C=O) groups excluding carboxylic acids is 2. The molecular formula is C23H28N6O3. The lowest BCUT2D eigenvalue weighted by atomic mass is 9.71. The largest absolute Gasteiger partial charge is 0.456 e. The number of benzene rings is 1. The van der Waals surface area contributed by atoms with Gasteiger partial charge >= 0.3 is 5.97 Å². The molecule has 3 heterocycles. The Hall–Kier alpha value is -3.07. The molecule has 0 aromatic heterocycles. The zero-order valence-corrected chi connectivity index (χ0v) is 18.3. The number of nitrogens with zero attached hydrogens (tertiary/aromatic N) is 4. The number of likely N-dealkylation sites (tertiary alicyclic amines) is 1. The molecule has 1 spiro atoms. The van der Waals surface area contributed by atoms with Gasteiger partial charge in [0.05, 0.1) is 23.2 Å². The van der Waals surface area contributed by atoms with Crippen LogP contribution < -0.4 is 11.2 Å². The number of carbonyl (C=O) groups is 2. The molecule has 0 bridgehead atoms. The van der Waals surface area contributed by atoms with E-state index in [1.54, 1.807) is 11.8 Å². The summed E-state index contributed by atoms with van der Waals surface area (Å²) in [5, 5.41) is 10.9. The maximum Gasteiger partial charge on any atom is 0.336 e. The zero-order chi connectivity index (χ0) is 22.3. The van der Waals surface area contributed by atoms with Gasteiger partial charge in [0.25, 0.3) is 0 Å². The predicted molar refractivity (Wildman–Crippen MR) is 117 cm³/mol. The molecular weight excluding hydrogens is 408 g/mol. The highest BCUT2D eigenvalue weighted by Crippen LogP contribution is 2.46. The van der Waals surface area contributed by atoms with Gasteiger partial charge in [0, 0.05) is 24.7 Å². The summed E-state index contributed by atoms with van der Waals surface area (Å²) in [6, 6.07) is 6.67. The molecule has 9 nitrogen and oxygen atoms in total. The van der Waals surface area contributed by atoms with Crippen LogP contribution in [0, 0.1) is 5.41 Å². The number of nitrogens with two attached hydrogens (primary N) is 1. The van der Waals surface area contributed by atoms with Crippen LogP contribution >= 0.6 is 0 Å². The lowest BCUT2D eigenvalue weighted by molar-refractivity contribution is -0.138. The van der Waals surface area contributed by atoms with Crippen molar-refractivity contribution in [2.24, 2.45) is 26.6 Å². The number of amidine groups is 1. The maximum atomic E-state index is 13.3. The van der Waals surface area contributed by atoms with Crippen LogP contribution in [-0.2, 0) is 27.4 Å². The van der Waals surface area contributed by atoms with Crippen LogP contribution in [0.5, 0.6) is 0 Å². The fourth-order valence-corrected chi connectivity index (χ4v) is 5.42. The number of hydrogen-bond acceptors (Lipinski definition) is 7. The number of nitrogens with one attached hydrogen (secondary N) is 1. The van der Waals surface area contributed by atoms with E-state index in [1.165, 1.54) is 5.56 Å². The number of ether oxygens (including phenoxy) is 1. The first kappa shape index (κ1) is 20.8. The third-order valence-electron chi connectivity index (χ3n) is 7.42. The molecule has 168 valence electrons. The van der Waals surface area contributed by atoms with Gasteiger partial charge in [-0.3, -0.25) is 9.79 Å². The van der Waals surface area contributed by atoms with E-state index in [-0.39, 0.29) is 23.9 Å². The Kier molecular flexibility index (Phi) is 5.28. The summed E-state index contributed by atoms with van der Waals surface area (Å²) in [6.07, 6.45) is 4.57. The summed E-state index contributed by atoms with van der Waals surface area (Å²) in [7, 11) is 0. The van der Waals surface area contributed by atoms with Crippen LogP contribution in [-0.4, -0.2) is 41.8 Å². The molecule has 3 N–H and O–H groups in total. The Morgan fingerprint density at radius 3 is 2.81 bits per heavy atom. The van der Waals surface area contributed by atoms with Crippen molar-refractivity contribution in [3.05, 3.63) is 46.2 Å². The average molecular weight is 437 g/mol. The van der Waals surface area contributed by atoms with Crippen LogP contribution in [0.4, 0.5) is 0 Å². The molecule has 4 aliphatic rings. The minimum atomic E-state index is -0.306. The molecule has 1 saturated carbocycles. The molecule has 1 aromatic rings. The van der Waals surface area contributed by atoms with Gasteiger partial charge in [-0.1, -0.05) is 23.4 Å². The van der Waals surface area contributed by atoms with Crippen molar-refractivity contribution in [1.82, 2.24) is 10.2 Å². The number of fused-ring (bicyclic) bond motifs is 1. The second-order valence-electron chi connectivity index (χ2n) is 9.14. The highest BCUT2D eigenvalue weighted by molar-refractivity contribution is 6.02. The molecule has 0 atom stereocenters. The summed E-state index contributed by atoms with van der Waals surface area (Å²) in [5.74, 6) is 5.61. The van der Waals surface area contributed by atoms with Crippen LogP contribution in [0.2, 0.25) is 0 Å². The maximum absolute atomic E-state index is 13.3. The first-order valence-electron chi connectivity index (χ1n) is 11.2. The SMILES string of the molecule is CC1=C(N2CCC3(CCC(NCc4ccc5c(c4)CN=C5N=NN)CC3)C2=O)COC1=O. The smallest absolute Gasteiger partial charge is 0.336 e. The predicted octanol–water partition coefficient (Wildman–Crippen LogP) is 2.35. The van der Waals surface area contributed by atoms with E-state index in [0.29, 0.717) is 30.5 Å². The van der Waals surface area contributed by atoms with Crippen LogP contribution in [0.25, 0.3) is 0 Å². The number of amides is 1. The molecule has 1 saturated heterocycles. The Balaban J connectivity index is 1.16. The normalized spacial score (nSPS) is 27.6. The molecule has 0 radical (unpaired) electrons.